The van der Waals surface area contributed by atoms with Gasteiger partial charge in [0, 0.05) is 42.2 Å². The first-order chi connectivity index (χ1) is 16.4. The molecule has 0 spiro atoms. The summed E-state index contributed by atoms with van der Waals surface area (Å²) in [4.78, 5) is 41.2. The number of allylic oxidation sites excluding steroid dienone is 1. The first kappa shape index (κ1) is 21.5. The number of nitrogens with zero attached hydrogens (tertiary/aromatic N) is 4. The van der Waals surface area contributed by atoms with Crippen molar-refractivity contribution in [2.45, 2.75) is 26.7 Å². The van der Waals surface area contributed by atoms with E-state index in [1.54, 1.807) is 25.6 Å². The SMILES string of the molecule is CNC(=O)C1=CCCc2[nH]c(-c3[nH]nc4ncc(-c5cncc(NC(=O)C(C)C)c5)cc34)nc21. The summed E-state index contributed by atoms with van der Waals surface area (Å²) in [5.74, 6) is 0.234. The smallest absolute Gasteiger partial charge is 0.252 e. The number of anilines is 1. The predicted octanol–water partition coefficient (Wildman–Crippen LogP) is 3.08. The number of aromatic nitrogens is 6. The molecule has 1 aliphatic carbocycles. The van der Waals surface area contributed by atoms with E-state index in [-0.39, 0.29) is 17.7 Å². The van der Waals surface area contributed by atoms with Crippen LogP contribution in [0.3, 0.4) is 0 Å². The molecule has 4 heterocycles. The number of hydrogen-bond donors (Lipinski definition) is 4. The first-order valence-electron chi connectivity index (χ1n) is 11.1. The molecule has 0 saturated carbocycles. The van der Waals surface area contributed by atoms with Crippen molar-refractivity contribution in [1.29, 1.82) is 0 Å². The molecule has 0 saturated heterocycles. The van der Waals surface area contributed by atoms with E-state index in [2.05, 4.69) is 35.8 Å². The van der Waals surface area contributed by atoms with Crippen molar-refractivity contribution >= 4 is 34.1 Å². The highest BCUT2D eigenvalue weighted by Gasteiger charge is 2.24. The van der Waals surface area contributed by atoms with Crippen LogP contribution in [0.25, 0.3) is 39.3 Å². The normalized spacial score (nSPS) is 13.0. The molecule has 34 heavy (non-hydrogen) atoms. The van der Waals surface area contributed by atoms with E-state index in [0.29, 0.717) is 34.1 Å². The van der Waals surface area contributed by atoms with Gasteiger partial charge in [0.1, 0.15) is 5.69 Å². The van der Waals surface area contributed by atoms with E-state index in [4.69, 9.17) is 4.98 Å². The lowest BCUT2D eigenvalue weighted by molar-refractivity contribution is -0.119. The van der Waals surface area contributed by atoms with E-state index in [9.17, 15) is 9.59 Å². The van der Waals surface area contributed by atoms with Crippen LogP contribution in [-0.4, -0.2) is 49.0 Å². The Balaban J connectivity index is 1.52. The van der Waals surface area contributed by atoms with Gasteiger partial charge in [0.25, 0.3) is 5.91 Å². The van der Waals surface area contributed by atoms with Crippen molar-refractivity contribution in [2.75, 3.05) is 12.4 Å². The van der Waals surface area contributed by atoms with Gasteiger partial charge in [0.05, 0.1) is 28.5 Å². The van der Waals surface area contributed by atoms with E-state index in [0.717, 1.165) is 35.0 Å². The van der Waals surface area contributed by atoms with Gasteiger partial charge < -0.3 is 15.6 Å². The van der Waals surface area contributed by atoms with Crippen LogP contribution in [0.15, 0.2) is 36.8 Å². The molecule has 10 nitrogen and oxygen atoms in total. The molecule has 4 aromatic rings. The third-order valence-electron chi connectivity index (χ3n) is 5.76. The Hall–Kier alpha value is -4.34. The molecule has 2 amide bonds. The van der Waals surface area contributed by atoms with Crippen molar-refractivity contribution in [2.24, 2.45) is 5.92 Å². The number of H-pyrrole nitrogens is 2. The third-order valence-corrected chi connectivity index (χ3v) is 5.76. The summed E-state index contributed by atoms with van der Waals surface area (Å²) in [5, 5.41) is 13.7. The van der Waals surface area contributed by atoms with Crippen molar-refractivity contribution < 1.29 is 9.59 Å². The van der Waals surface area contributed by atoms with Gasteiger partial charge in [-0.1, -0.05) is 19.9 Å². The molecule has 0 unspecified atom stereocenters. The molecule has 0 fully saturated rings. The van der Waals surface area contributed by atoms with Crippen LogP contribution in [0, 0.1) is 5.92 Å². The summed E-state index contributed by atoms with van der Waals surface area (Å²) < 4.78 is 0. The molecule has 172 valence electrons. The van der Waals surface area contributed by atoms with Gasteiger partial charge in [0.2, 0.25) is 5.91 Å². The minimum atomic E-state index is -0.158. The Labute approximate surface area is 195 Å². The second-order valence-corrected chi connectivity index (χ2v) is 8.45. The fourth-order valence-electron chi connectivity index (χ4n) is 3.91. The number of carbonyl (C=O) groups is 2. The van der Waals surface area contributed by atoms with Crippen LogP contribution in [-0.2, 0) is 16.0 Å². The second kappa shape index (κ2) is 8.54. The topological polar surface area (TPSA) is 141 Å². The fourth-order valence-corrected chi connectivity index (χ4v) is 3.91. The highest BCUT2D eigenvalue weighted by Crippen LogP contribution is 2.32. The predicted molar refractivity (Wildman–Crippen MR) is 129 cm³/mol. The van der Waals surface area contributed by atoms with Crippen molar-refractivity contribution in [1.82, 2.24) is 35.5 Å². The zero-order chi connectivity index (χ0) is 23.8. The number of rotatable bonds is 5. The van der Waals surface area contributed by atoms with Gasteiger partial charge in [-0.15, -0.1) is 0 Å². The van der Waals surface area contributed by atoms with Gasteiger partial charge >= 0.3 is 0 Å². The van der Waals surface area contributed by atoms with E-state index >= 15 is 0 Å². The maximum absolute atomic E-state index is 12.3. The average molecular weight is 457 g/mol. The van der Waals surface area contributed by atoms with Crippen LogP contribution in [0.2, 0.25) is 0 Å². The maximum Gasteiger partial charge on any atom is 0.252 e. The summed E-state index contributed by atoms with van der Waals surface area (Å²) in [5.41, 5.74) is 5.64. The number of aryl methyl sites for hydroxylation is 1. The minimum absolute atomic E-state index is 0.0726. The summed E-state index contributed by atoms with van der Waals surface area (Å²) in [6.45, 7) is 3.68. The summed E-state index contributed by atoms with van der Waals surface area (Å²) >= 11 is 0. The second-order valence-electron chi connectivity index (χ2n) is 8.45. The summed E-state index contributed by atoms with van der Waals surface area (Å²) in [7, 11) is 1.61. The van der Waals surface area contributed by atoms with Crippen LogP contribution >= 0.6 is 0 Å². The average Bonchev–Trinajstić information content (AvgIpc) is 3.47. The molecular weight excluding hydrogens is 432 g/mol. The molecule has 5 rings (SSSR count). The molecule has 0 atom stereocenters. The highest BCUT2D eigenvalue weighted by atomic mass is 16.2. The molecule has 4 N–H and O–H groups in total. The van der Waals surface area contributed by atoms with Crippen LogP contribution in [0.5, 0.6) is 0 Å². The molecular formula is C24H24N8O2. The lowest BCUT2D eigenvalue weighted by atomic mass is 10.00. The van der Waals surface area contributed by atoms with E-state index < -0.39 is 0 Å². The Morgan fingerprint density at radius 2 is 1.94 bits per heavy atom. The molecule has 0 radical (unpaired) electrons. The van der Waals surface area contributed by atoms with Gasteiger partial charge in [-0.25, -0.2) is 9.97 Å². The lowest BCUT2D eigenvalue weighted by Gasteiger charge is -2.10. The van der Waals surface area contributed by atoms with Gasteiger partial charge in [-0.3, -0.25) is 19.7 Å². The van der Waals surface area contributed by atoms with Crippen LogP contribution in [0.4, 0.5) is 5.69 Å². The Bertz CT molecular complexity index is 1450. The number of nitrogens with one attached hydrogen (secondary N) is 4. The Morgan fingerprint density at radius 1 is 1.12 bits per heavy atom. The number of aromatic amines is 2. The first-order valence-corrected chi connectivity index (χ1v) is 11.1. The standard InChI is InChI=1S/C24H24N8O2/c1-12(2)23(33)28-15-7-13(9-26-11-15)14-8-17-20(31-32-21(17)27-10-14)22-29-18-6-4-5-16(19(18)30-22)24(34)25-3/h5,7-12H,4,6H2,1-3H3,(H,25,34)(H,28,33)(H,29,30)(H,27,31,32). The monoisotopic (exact) mass is 456 g/mol. The van der Waals surface area contributed by atoms with Gasteiger partial charge in [-0.2, -0.15) is 5.10 Å². The number of amides is 2. The number of carbonyl (C=O) groups excluding carboxylic acids is 2. The van der Waals surface area contributed by atoms with E-state index in [1.807, 2.05) is 32.1 Å². The van der Waals surface area contributed by atoms with Gasteiger partial charge in [0.15, 0.2) is 11.5 Å². The van der Waals surface area contributed by atoms with Crippen molar-refractivity contribution in [3.63, 3.8) is 0 Å². The quantitative estimate of drug-likeness (QED) is 0.364. The maximum atomic E-state index is 12.3. The van der Waals surface area contributed by atoms with Crippen molar-refractivity contribution in [3.8, 4) is 22.6 Å². The number of likely N-dealkylation sites (N-methyl/N-ethyl adjacent to an activating group) is 1. The van der Waals surface area contributed by atoms with Crippen molar-refractivity contribution in [3.05, 3.63) is 48.2 Å². The largest absolute Gasteiger partial charge is 0.355 e. The zero-order valence-corrected chi connectivity index (χ0v) is 19.1. The molecule has 10 heteroatoms. The molecule has 0 bridgehead atoms. The molecule has 1 aliphatic rings. The Kier molecular flexibility index (Phi) is 5.40. The number of pyridine rings is 2. The number of fused-ring (bicyclic) bond motifs is 2. The fraction of sp³-hybridized carbons (Fsp3) is 0.250. The summed E-state index contributed by atoms with van der Waals surface area (Å²) in [6, 6.07) is 3.82. The summed E-state index contributed by atoms with van der Waals surface area (Å²) in [6.07, 6.45) is 8.51. The van der Waals surface area contributed by atoms with E-state index in [1.165, 1.54) is 0 Å². The van der Waals surface area contributed by atoms with Gasteiger partial charge in [-0.05, 0) is 25.0 Å². The molecule has 0 aromatic carbocycles. The highest BCUT2D eigenvalue weighted by molar-refractivity contribution is 6.19. The zero-order valence-electron chi connectivity index (χ0n) is 19.1. The minimum Gasteiger partial charge on any atom is -0.355 e. The molecule has 4 aromatic heterocycles. The lowest BCUT2D eigenvalue weighted by Crippen LogP contribution is -2.21. The third kappa shape index (κ3) is 3.83. The van der Waals surface area contributed by atoms with Crippen LogP contribution < -0.4 is 10.6 Å². The number of hydrogen-bond acceptors (Lipinski definition) is 6. The number of imidazole rings is 1. The molecule has 0 aliphatic heterocycles. The van der Waals surface area contributed by atoms with Crippen LogP contribution in [0.1, 0.15) is 31.7 Å². The Morgan fingerprint density at radius 3 is 2.74 bits per heavy atom.